The van der Waals surface area contributed by atoms with Crippen LogP contribution < -0.4 is 24.7 Å². The first-order chi connectivity index (χ1) is 23.8. The molecule has 2 aliphatic rings. The van der Waals surface area contributed by atoms with E-state index in [1.165, 1.54) is 24.0 Å². The lowest BCUT2D eigenvalue weighted by molar-refractivity contribution is -0.157. The van der Waals surface area contributed by atoms with E-state index in [2.05, 4.69) is 0 Å². The first kappa shape index (κ1) is 38.1. The quantitative estimate of drug-likeness (QED) is 0.188. The van der Waals surface area contributed by atoms with Gasteiger partial charge in [-0.25, -0.2) is 8.78 Å². The maximum absolute atomic E-state index is 15.7. The largest absolute Gasteiger partial charge is 0.493 e. The minimum absolute atomic E-state index is 0.00136. The Morgan fingerprint density at radius 2 is 1.22 bits per heavy atom. The zero-order valence-corrected chi connectivity index (χ0v) is 29.2. The van der Waals surface area contributed by atoms with Gasteiger partial charge < -0.3 is 44.0 Å². The molecule has 2 aromatic carbocycles. The predicted molar refractivity (Wildman–Crippen MR) is 174 cm³/mol. The normalized spacial score (nSPS) is 13.4. The fourth-order valence-electron chi connectivity index (χ4n) is 5.62. The average molecular weight is 706 g/mol. The molecule has 0 fully saturated rings. The number of carbonyl (C=O) groups excluding carboxylic acids is 4. The maximum Gasteiger partial charge on any atom is 0.306 e. The molecule has 2 N–H and O–H groups in total. The fraction of sp³-hybridized carbons (Fsp3) is 0.543. The Labute approximate surface area is 289 Å². The van der Waals surface area contributed by atoms with Crippen molar-refractivity contribution in [3.05, 3.63) is 46.0 Å². The molecule has 2 aromatic rings. The van der Waals surface area contributed by atoms with E-state index < -0.39 is 29.2 Å². The smallest absolute Gasteiger partial charge is 0.306 e. The molecule has 2 amide bonds. The van der Waals surface area contributed by atoms with Crippen LogP contribution in [0.1, 0.15) is 75.1 Å². The summed E-state index contributed by atoms with van der Waals surface area (Å²) in [5.41, 5.74) is 6.48. The van der Waals surface area contributed by atoms with Crippen LogP contribution in [0.15, 0.2) is 12.1 Å². The average Bonchev–Trinajstić information content (AvgIpc) is 3.73. The van der Waals surface area contributed by atoms with E-state index in [9.17, 15) is 19.2 Å². The van der Waals surface area contributed by atoms with Crippen LogP contribution in [-0.4, -0.2) is 79.7 Å². The van der Waals surface area contributed by atoms with Crippen molar-refractivity contribution in [3.63, 3.8) is 0 Å². The summed E-state index contributed by atoms with van der Waals surface area (Å²) in [7, 11) is 2.76. The third-order valence-electron chi connectivity index (χ3n) is 8.38. The number of benzene rings is 2. The number of nitrogens with zero attached hydrogens (tertiary/aromatic N) is 2. The number of amides is 2. The van der Waals surface area contributed by atoms with Crippen molar-refractivity contribution < 1.29 is 56.4 Å². The second-order valence-corrected chi connectivity index (χ2v) is 12.5. The topological polar surface area (TPSA) is 156 Å². The van der Waals surface area contributed by atoms with Crippen LogP contribution in [-0.2, 0) is 54.8 Å². The molecule has 2 heterocycles. The summed E-state index contributed by atoms with van der Waals surface area (Å²) in [5, 5.41) is 0. The van der Waals surface area contributed by atoms with E-state index in [1.54, 1.807) is 32.9 Å². The van der Waals surface area contributed by atoms with Crippen LogP contribution >= 0.6 is 0 Å². The highest BCUT2D eigenvalue weighted by atomic mass is 19.1. The molecule has 0 aliphatic carbocycles. The number of ether oxygens (including phenoxy) is 6. The molecule has 0 saturated carbocycles. The molecule has 0 aromatic heterocycles. The van der Waals surface area contributed by atoms with E-state index in [1.807, 2.05) is 0 Å². The van der Waals surface area contributed by atoms with E-state index >= 15 is 8.78 Å². The molecule has 0 saturated heterocycles. The number of nitrogens with two attached hydrogens (primary N) is 1. The zero-order valence-electron chi connectivity index (χ0n) is 29.2. The number of hydrogen-bond donors (Lipinski definition) is 1. The van der Waals surface area contributed by atoms with Gasteiger partial charge in [-0.2, -0.15) is 0 Å². The van der Waals surface area contributed by atoms with Crippen LogP contribution in [0.25, 0.3) is 0 Å². The molecule has 4 rings (SSSR count). The molecule has 0 atom stereocenters. The molecular formula is C35H45F2N3O10. The van der Waals surface area contributed by atoms with Crippen molar-refractivity contribution >= 4 is 23.8 Å². The number of methoxy groups -OCH3 is 2. The number of hydrogen-bond acceptors (Lipinski definition) is 11. The molecule has 274 valence electrons. The van der Waals surface area contributed by atoms with Gasteiger partial charge in [0.05, 0.1) is 46.9 Å². The van der Waals surface area contributed by atoms with Crippen LogP contribution in [0, 0.1) is 11.6 Å². The Balaban J connectivity index is 1.31. The van der Waals surface area contributed by atoms with Gasteiger partial charge in [0, 0.05) is 63.1 Å². The second-order valence-electron chi connectivity index (χ2n) is 12.5. The van der Waals surface area contributed by atoms with Crippen LogP contribution in [0.4, 0.5) is 8.78 Å². The van der Waals surface area contributed by atoms with E-state index in [0.717, 1.165) is 0 Å². The molecule has 0 bridgehead atoms. The van der Waals surface area contributed by atoms with E-state index in [0.29, 0.717) is 16.7 Å². The van der Waals surface area contributed by atoms with E-state index in [-0.39, 0.29) is 125 Å². The maximum atomic E-state index is 15.7. The molecule has 0 unspecified atom stereocenters. The van der Waals surface area contributed by atoms with Gasteiger partial charge in [-0.15, -0.1) is 0 Å². The summed E-state index contributed by atoms with van der Waals surface area (Å²) in [5.74, 6) is -2.89. The van der Waals surface area contributed by atoms with Gasteiger partial charge in [-0.05, 0) is 44.0 Å². The van der Waals surface area contributed by atoms with Crippen molar-refractivity contribution in [1.82, 2.24) is 9.80 Å². The van der Waals surface area contributed by atoms with Gasteiger partial charge in [0.1, 0.15) is 5.60 Å². The summed E-state index contributed by atoms with van der Waals surface area (Å²) in [4.78, 5) is 52.2. The molecule has 13 nitrogen and oxygen atoms in total. The number of halogens is 2. The molecule has 50 heavy (non-hydrogen) atoms. The minimum Gasteiger partial charge on any atom is -0.493 e. The Bertz CT molecular complexity index is 1600. The summed E-state index contributed by atoms with van der Waals surface area (Å²) in [6, 6.07) is 3.24. The zero-order chi connectivity index (χ0) is 36.6. The standard InChI is InChI=1S/C35H45F2N3O10/c1-6-47-29(43)10-8-27(41)39-16-21-14-25(45-4)33(31(36)23(21)18-39)48-12-7-13-49-34-26(46-5)15-22-17-40(19-24(22)32(34)37)28(42)9-11-30(44)50-35(2,3)20-38/h14-15H,6-13,16-20,38H2,1-5H3. The van der Waals surface area contributed by atoms with Crippen molar-refractivity contribution in [1.29, 1.82) is 0 Å². The molecule has 15 heteroatoms. The van der Waals surface area contributed by atoms with Gasteiger partial charge in [0.15, 0.2) is 34.6 Å². The Hall–Kier alpha value is -4.66. The predicted octanol–water partition coefficient (Wildman–Crippen LogP) is 3.92. The third-order valence-corrected chi connectivity index (χ3v) is 8.38. The Morgan fingerprint density at radius 3 is 1.64 bits per heavy atom. The van der Waals surface area contributed by atoms with Gasteiger partial charge in [-0.3, -0.25) is 19.2 Å². The SMILES string of the molecule is CCOC(=O)CCC(=O)N1Cc2cc(OC)c(OCCCOc3c(OC)cc4c(c3F)CN(C(=O)CCC(=O)OC(C)(C)CN)C4)c(F)c2C1. The first-order valence-corrected chi connectivity index (χ1v) is 16.5. The lowest BCUT2D eigenvalue weighted by Crippen LogP contribution is -2.36. The van der Waals surface area contributed by atoms with Gasteiger partial charge in [0.2, 0.25) is 11.8 Å². The highest BCUT2D eigenvalue weighted by Gasteiger charge is 2.32. The monoisotopic (exact) mass is 705 g/mol. The minimum atomic E-state index is -0.836. The number of carbonyl (C=O) groups is 4. The summed E-state index contributed by atoms with van der Waals surface area (Å²) in [6.45, 7) is 5.72. The Morgan fingerprint density at radius 1 is 0.760 bits per heavy atom. The van der Waals surface area contributed by atoms with Gasteiger partial charge in [0.25, 0.3) is 0 Å². The molecule has 0 spiro atoms. The molecular weight excluding hydrogens is 660 g/mol. The highest BCUT2D eigenvalue weighted by molar-refractivity contribution is 5.83. The van der Waals surface area contributed by atoms with Crippen molar-refractivity contribution in [2.45, 2.75) is 84.7 Å². The fourth-order valence-corrected chi connectivity index (χ4v) is 5.62. The number of esters is 2. The molecule has 0 radical (unpaired) electrons. The number of fused-ring (bicyclic) bond motifs is 2. The summed E-state index contributed by atoms with van der Waals surface area (Å²) >= 11 is 0. The van der Waals surface area contributed by atoms with Gasteiger partial charge in [-0.1, -0.05) is 0 Å². The summed E-state index contributed by atoms with van der Waals surface area (Å²) in [6.07, 6.45) is -0.101. The third kappa shape index (κ3) is 9.11. The summed E-state index contributed by atoms with van der Waals surface area (Å²) < 4.78 is 63.7. The molecule has 2 aliphatic heterocycles. The number of rotatable bonds is 17. The van der Waals surface area contributed by atoms with Crippen LogP contribution in [0.2, 0.25) is 0 Å². The lowest BCUT2D eigenvalue weighted by Gasteiger charge is -2.23. The second kappa shape index (κ2) is 16.8. The van der Waals surface area contributed by atoms with Crippen LogP contribution in [0.3, 0.4) is 0 Å². The van der Waals surface area contributed by atoms with Crippen molar-refractivity contribution in [3.8, 4) is 23.0 Å². The Kier molecular flexibility index (Phi) is 12.8. The highest BCUT2D eigenvalue weighted by Crippen LogP contribution is 2.40. The van der Waals surface area contributed by atoms with E-state index in [4.69, 9.17) is 34.2 Å². The van der Waals surface area contributed by atoms with Crippen molar-refractivity contribution in [2.75, 3.05) is 40.6 Å². The van der Waals surface area contributed by atoms with Crippen molar-refractivity contribution in [2.24, 2.45) is 5.73 Å². The van der Waals surface area contributed by atoms with Gasteiger partial charge >= 0.3 is 11.9 Å². The first-order valence-electron chi connectivity index (χ1n) is 16.5. The van der Waals surface area contributed by atoms with Crippen LogP contribution in [0.5, 0.6) is 23.0 Å². The lowest BCUT2D eigenvalue weighted by atomic mass is 10.1.